The number of hydrogen-bond donors (Lipinski definition) is 2. The Bertz CT molecular complexity index is 558. The van der Waals surface area contributed by atoms with Crippen molar-refractivity contribution in [2.75, 3.05) is 6.61 Å². The Hall–Kier alpha value is -2.44. The maximum Gasteiger partial charge on any atom is 0.326 e. The number of aliphatic carboxylic acids is 1. The molecule has 23 heavy (non-hydrogen) atoms. The summed E-state index contributed by atoms with van der Waals surface area (Å²) in [6, 6.07) is 4.15. The van der Waals surface area contributed by atoms with E-state index in [2.05, 4.69) is 5.32 Å². The van der Waals surface area contributed by atoms with Crippen molar-refractivity contribution in [3.63, 3.8) is 0 Å². The maximum atomic E-state index is 12.8. The van der Waals surface area contributed by atoms with Crippen LogP contribution in [0.2, 0.25) is 0 Å². The lowest BCUT2D eigenvalue weighted by atomic mass is 9.98. The van der Waals surface area contributed by atoms with Crippen LogP contribution in [0.4, 0.5) is 4.39 Å². The van der Waals surface area contributed by atoms with E-state index >= 15 is 0 Å². The molecule has 0 unspecified atom stereocenters. The summed E-state index contributed by atoms with van der Waals surface area (Å²) in [5.41, 5.74) is 0.561. The number of benzene rings is 1. The fraction of sp³-hybridized carbons (Fsp3) is 0.438. The molecule has 0 heterocycles. The van der Waals surface area contributed by atoms with Crippen LogP contribution in [0.25, 0.3) is 0 Å². The van der Waals surface area contributed by atoms with Gasteiger partial charge in [-0.2, -0.15) is 0 Å². The number of carboxylic acids is 1. The van der Waals surface area contributed by atoms with E-state index in [1.54, 1.807) is 13.8 Å². The summed E-state index contributed by atoms with van der Waals surface area (Å²) in [6.07, 6.45) is -0.183. The van der Waals surface area contributed by atoms with E-state index in [0.717, 1.165) is 0 Å². The molecule has 0 aromatic heterocycles. The third kappa shape index (κ3) is 6.46. The zero-order valence-corrected chi connectivity index (χ0v) is 13.0. The average molecular weight is 325 g/mol. The van der Waals surface area contributed by atoms with Crippen LogP contribution in [-0.2, 0) is 25.5 Å². The Labute approximate surface area is 133 Å². The normalized spacial score (nSPS) is 13.0. The number of hydrogen-bond acceptors (Lipinski definition) is 4. The van der Waals surface area contributed by atoms with Gasteiger partial charge in [0.1, 0.15) is 11.9 Å². The highest BCUT2D eigenvalue weighted by Gasteiger charge is 2.28. The van der Waals surface area contributed by atoms with Gasteiger partial charge in [0.15, 0.2) is 0 Å². The van der Waals surface area contributed by atoms with E-state index < -0.39 is 35.6 Å². The summed E-state index contributed by atoms with van der Waals surface area (Å²) in [4.78, 5) is 34.7. The van der Waals surface area contributed by atoms with Crippen LogP contribution in [-0.4, -0.2) is 35.6 Å². The first-order valence-electron chi connectivity index (χ1n) is 7.25. The number of carbonyl (C=O) groups excluding carboxylic acids is 2. The lowest BCUT2D eigenvalue weighted by molar-refractivity contribution is -0.147. The van der Waals surface area contributed by atoms with E-state index in [9.17, 15) is 23.9 Å². The number of esters is 1. The Morgan fingerprint density at radius 3 is 2.39 bits per heavy atom. The molecule has 6 nitrogen and oxygen atoms in total. The molecule has 0 fully saturated rings. The van der Waals surface area contributed by atoms with Crippen LogP contribution in [0.15, 0.2) is 24.3 Å². The fourth-order valence-electron chi connectivity index (χ4n) is 2.06. The van der Waals surface area contributed by atoms with Gasteiger partial charge in [0, 0.05) is 0 Å². The smallest absolute Gasteiger partial charge is 0.326 e. The minimum Gasteiger partial charge on any atom is -0.480 e. The van der Waals surface area contributed by atoms with Crippen LogP contribution in [0.3, 0.4) is 0 Å². The summed E-state index contributed by atoms with van der Waals surface area (Å²) >= 11 is 0. The first kappa shape index (κ1) is 18.6. The van der Waals surface area contributed by atoms with Crippen molar-refractivity contribution in [2.24, 2.45) is 5.92 Å². The molecule has 0 radical (unpaired) electrons. The molecule has 1 amide bonds. The number of carboxylic acid groups (broad SMARTS) is 1. The van der Waals surface area contributed by atoms with Crippen molar-refractivity contribution < 1.29 is 28.6 Å². The molecule has 1 aromatic rings. The van der Waals surface area contributed by atoms with Gasteiger partial charge < -0.3 is 15.2 Å². The molecular weight excluding hydrogens is 305 g/mol. The molecular formula is C16H20FNO5. The maximum absolute atomic E-state index is 12.8. The summed E-state index contributed by atoms with van der Waals surface area (Å²) in [5, 5.41) is 11.6. The molecule has 0 spiro atoms. The van der Waals surface area contributed by atoms with Crippen molar-refractivity contribution >= 4 is 17.8 Å². The Balaban J connectivity index is 2.64. The van der Waals surface area contributed by atoms with Crippen LogP contribution >= 0.6 is 0 Å². The van der Waals surface area contributed by atoms with Gasteiger partial charge in [0.05, 0.1) is 19.4 Å². The first-order valence-corrected chi connectivity index (χ1v) is 7.25. The zero-order valence-electron chi connectivity index (χ0n) is 13.0. The Kier molecular flexibility index (Phi) is 7.18. The largest absolute Gasteiger partial charge is 0.480 e. The van der Waals surface area contributed by atoms with Crippen molar-refractivity contribution in [3.05, 3.63) is 35.6 Å². The SMILES string of the molecule is CCOC(=O)C[C@@H](C)[C@@H](NC(=O)Cc1ccc(F)cc1)C(=O)O. The molecule has 0 saturated carbocycles. The quantitative estimate of drug-likeness (QED) is 0.707. The zero-order chi connectivity index (χ0) is 17.4. The summed E-state index contributed by atoms with van der Waals surface area (Å²) in [5.74, 6) is -3.29. The summed E-state index contributed by atoms with van der Waals surface area (Å²) < 4.78 is 17.6. The minimum atomic E-state index is -1.23. The second-order valence-corrected chi connectivity index (χ2v) is 5.17. The van der Waals surface area contributed by atoms with Crippen LogP contribution in [0.1, 0.15) is 25.8 Å². The van der Waals surface area contributed by atoms with Crippen molar-refractivity contribution in [1.82, 2.24) is 5.32 Å². The molecule has 1 rings (SSSR count). The number of nitrogens with one attached hydrogen (secondary N) is 1. The van der Waals surface area contributed by atoms with Crippen LogP contribution in [0, 0.1) is 11.7 Å². The summed E-state index contributed by atoms with van der Waals surface area (Å²) in [7, 11) is 0. The molecule has 0 bridgehead atoms. The third-order valence-electron chi connectivity index (χ3n) is 3.22. The molecule has 0 aliphatic rings. The van der Waals surface area contributed by atoms with Crippen LogP contribution < -0.4 is 5.32 Å². The van der Waals surface area contributed by atoms with Gasteiger partial charge in [0.25, 0.3) is 0 Å². The second-order valence-electron chi connectivity index (χ2n) is 5.17. The van der Waals surface area contributed by atoms with E-state index in [1.807, 2.05) is 0 Å². The van der Waals surface area contributed by atoms with Gasteiger partial charge >= 0.3 is 11.9 Å². The van der Waals surface area contributed by atoms with Gasteiger partial charge in [-0.1, -0.05) is 19.1 Å². The molecule has 2 atom stereocenters. The van der Waals surface area contributed by atoms with Gasteiger partial charge in [-0.25, -0.2) is 9.18 Å². The minimum absolute atomic E-state index is 0.0732. The highest BCUT2D eigenvalue weighted by Crippen LogP contribution is 2.11. The highest BCUT2D eigenvalue weighted by atomic mass is 19.1. The van der Waals surface area contributed by atoms with E-state index in [-0.39, 0.29) is 19.4 Å². The second kappa shape index (κ2) is 8.87. The topological polar surface area (TPSA) is 92.7 Å². The number of carbonyl (C=O) groups is 3. The third-order valence-corrected chi connectivity index (χ3v) is 3.22. The van der Waals surface area contributed by atoms with Gasteiger partial charge in [-0.3, -0.25) is 9.59 Å². The molecule has 7 heteroatoms. The standard InChI is InChI=1S/C16H20FNO5/c1-3-23-14(20)8-10(2)15(16(21)22)18-13(19)9-11-4-6-12(17)7-5-11/h4-7,10,15H,3,8-9H2,1-2H3,(H,18,19)(H,21,22)/t10-,15-/m1/s1. The average Bonchev–Trinajstić information content (AvgIpc) is 2.47. The van der Waals surface area contributed by atoms with Gasteiger partial charge in [-0.15, -0.1) is 0 Å². The number of amides is 1. The number of halogens is 1. The Morgan fingerprint density at radius 1 is 1.26 bits per heavy atom. The van der Waals surface area contributed by atoms with E-state index in [4.69, 9.17) is 4.74 Å². The lowest BCUT2D eigenvalue weighted by Crippen LogP contribution is -2.46. The molecule has 2 N–H and O–H groups in total. The molecule has 1 aromatic carbocycles. The molecule has 126 valence electrons. The van der Waals surface area contributed by atoms with Gasteiger partial charge in [0.2, 0.25) is 5.91 Å². The Morgan fingerprint density at radius 2 is 1.87 bits per heavy atom. The van der Waals surface area contributed by atoms with E-state index in [0.29, 0.717) is 5.56 Å². The monoisotopic (exact) mass is 325 g/mol. The fourth-order valence-corrected chi connectivity index (χ4v) is 2.06. The van der Waals surface area contributed by atoms with Crippen LogP contribution in [0.5, 0.6) is 0 Å². The highest BCUT2D eigenvalue weighted by molar-refractivity contribution is 5.85. The number of rotatable bonds is 8. The van der Waals surface area contributed by atoms with Crippen molar-refractivity contribution in [3.8, 4) is 0 Å². The molecule has 0 saturated heterocycles. The summed E-state index contributed by atoms with van der Waals surface area (Å²) in [6.45, 7) is 3.41. The molecule has 0 aliphatic heterocycles. The van der Waals surface area contributed by atoms with E-state index in [1.165, 1.54) is 24.3 Å². The van der Waals surface area contributed by atoms with Crippen molar-refractivity contribution in [1.29, 1.82) is 0 Å². The number of ether oxygens (including phenoxy) is 1. The molecule has 0 aliphatic carbocycles. The first-order chi connectivity index (χ1) is 10.8. The van der Waals surface area contributed by atoms with Gasteiger partial charge in [-0.05, 0) is 30.5 Å². The predicted octanol–water partition coefficient (Wildman–Crippen LogP) is 1.53. The predicted molar refractivity (Wildman–Crippen MR) is 80.1 cm³/mol. The van der Waals surface area contributed by atoms with Crippen molar-refractivity contribution in [2.45, 2.75) is 32.7 Å². The lowest BCUT2D eigenvalue weighted by Gasteiger charge is -2.20.